The largest absolute Gasteiger partial charge is 0.384 e. The number of aliphatic hydroxyl groups is 1. The Morgan fingerprint density at radius 1 is 1.06 bits per heavy atom. The van der Waals surface area contributed by atoms with Gasteiger partial charge in [-0.1, -0.05) is 46.3 Å². The van der Waals surface area contributed by atoms with Gasteiger partial charge >= 0.3 is 0 Å². The lowest BCUT2D eigenvalue weighted by Crippen LogP contribution is -2.04. The molecule has 1 nitrogen and oxygen atoms in total. The average molecular weight is 295 g/mol. The third-order valence-electron chi connectivity index (χ3n) is 2.80. The summed E-state index contributed by atoms with van der Waals surface area (Å²) in [6, 6.07) is 12.1. The lowest BCUT2D eigenvalue weighted by Gasteiger charge is -2.15. The second kappa shape index (κ2) is 4.98. The number of benzene rings is 2. The molecule has 0 unspecified atom stereocenters. The van der Waals surface area contributed by atoms with Crippen molar-refractivity contribution < 1.29 is 9.50 Å². The van der Waals surface area contributed by atoms with Crippen LogP contribution in [0.3, 0.4) is 0 Å². The molecular formula is C14H12BrFO. The minimum Gasteiger partial charge on any atom is -0.384 e. The van der Waals surface area contributed by atoms with Gasteiger partial charge in [0.25, 0.3) is 0 Å². The van der Waals surface area contributed by atoms with Gasteiger partial charge in [-0.2, -0.15) is 0 Å². The highest BCUT2D eigenvalue weighted by Gasteiger charge is 2.16. The highest BCUT2D eigenvalue weighted by molar-refractivity contribution is 9.10. The quantitative estimate of drug-likeness (QED) is 0.888. The van der Waals surface area contributed by atoms with Crippen LogP contribution in [-0.2, 0) is 0 Å². The van der Waals surface area contributed by atoms with Crippen LogP contribution >= 0.6 is 15.9 Å². The number of hydrogen-bond donors (Lipinski definition) is 1. The molecule has 1 N–H and O–H groups in total. The van der Waals surface area contributed by atoms with Crippen molar-refractivity contribution in [1.82, 2.24) is 0 Å². The van der Waals surface area contributed by atoms with Crippen LogP contribution < -0.4 is 0 Å². The van der Waals surface area contributed by atoms with E-state index in [1.807, 2.05) is 24.3 Å². The molecule has 0 bridgehead atoms. The zero-order valence-electron chi connectivity index (χ0n) is 9.32. The fourth-order valence-corrected chi connectivity index (χ4v) is 2.29. The Kier molecular flexibility index (Phi) is 3.60. The highest BCUT2D eigenvalue weighted by Crippen LogP contribution is 2.30. The lowest BCUT2D eigenvalue weighted by molar-refractivity contribution is 0.218. The molecule has 1 atom stereocenters. The lowest BCUT2D eigenvalue weighted by atomic mass is 9.97. The first kappa shape index (κ1) is 12.3. The third kappa shape index (κ3) is 2.40. The van der Waals surface area contributed by atoms with E-state index in [1.54, 1.807) is 19.1 Å². The number of rotatable bonds is 2. The molecule has 0 saturated heterocycles. The van der Waals surface area contributed by atoms with E-state index in [9.17, 15) is 9.50 Å². The molecule has 2 aromatic rings. The van der Waals surface area contributed by atoms with Gasteiger partial charge < -0.3 is 5.11 Å². The van der Waals surface area contributed by atoms with Crippen molar-refractivity contribution in [3.8, 4) is 0 Å². The first-order valence-electron chi connectivity index (χ1n) is 5.28. The van der Waals surface area contributed by atoms with E-state index in [0.717, 1.165) is 10.0 Å². The van der Waals surface area contributed by atoms with Crippen molar-refractivity contribution in [2.45, 2.75) is 13.0 Å². The summed E-state index contributed by atoms with van der Waals surface area (Å²) in [5.41, 5.74) is 1.81. The molecule has 0 aliphatic heterocycles. The van der Waals surface area contributed by atoms with Crippen molar-refractivity contribution in [3.63, 3.8) is 0 Å². The van der Waals surface area contributed by atoms with E-state index in [2.05, 4.69) is 15.9 Å². The maximum absolute atomic E-state index is 13.4. The van der Waals surface area contributed by atoms with Crippen LogP contribution in [0.25, 0.3) is 0 Å². The Morgan fingerprint density at radius 3 is 2.41 bits per heavy atom. The summed E-state index contributed by atoms with van der Waals surface area (Å²) in [6.07, 6.45) is -0.818. The molecule has 0 aromatic heterocycles. The summed E-state index contributed by atoms with van der Waals surface area (Å²) in [7, 11) is 0. The molecule has 2 aromatic carbocycles. The Hall–Kier alpha value is -1.19. The Labute approximate surface area is 108 Å². The second-order valence-corrected chi connectivity index (χ2v) is 4.73. The van der Waals surface area contributed by atoms with Crippen molar-refractivity contribution in [1.29, 1.82) is 0 Å². The summed E-state index contributed by atoms with van der Waals surface area (Å²) in [4.78, 5) is 0. The smallest absolute Gasteiger partial charge is 0.126 e. The Bertz CT molecular complexity index is 539. The van der Waals surface area contributed by atoms with Crippen molar-refractivity contribution in [2.24, 2.45) is 0 Å². The molecule has 2 rings (SSSR count). The molecule has 0 heterocycles. The molecule has 0 saturated carbocycles. The van der Waals surface area contributed by atoms with Gasteiger partial charge in [0.15, 0.2) is 0 Å². The standard InChI is InChI=1S/C14H12BrFO/c1-9-10(6-4-8-13(9)16)14(17)11-5-2-3-7-12(11)15/h2-8,14,17H,1H3/t14-/m1/s1. The topological polar surface area (TPSA) is 20.2 Å². The molecular weight excluding hydrogens is 283 g/mol. The predicted octanol–water partition coefficient (Wildman–Crippen LogP) is 3.98. The van der Waals surface area contributed by atoms with Crippen molar-refractivity contribution in [3.05, 3.63) is 69.4 Å². The Morgan fingerprint density at radius 2 is 1.71 bits per heavy atom. The van der Waals surface area contributed by atoms with Crippen LogP contribution in [0.15, 0.2) is 46.9 Å². The fourth-order valence-electron chi connectivity index (χ4n) is 1.78. The first-order valence-corrected chi connectivity index (χ1v) is 6.08. The van der Waals surface area contributed by atoms with Gasteiger partial charge in [-0.05, 0) is 35.7 Å². The molecule has 3 heteroatoms. The summed E-state index contributed by atoms with van der Waals surface area (Å²) in [6.45, 7) is 1.67. The minimum atomic E-state index is -0.818. The van der Waals surface area contributed by atoms with Gasteiger partial charge in [0.05, 0.1) is 0 Å². The normalized spacial score (nSPS) is 12.5. The number of aliphatic hydroxyl groups excluding tert-OH is 1. The van der Waals surface area contributed by atoms with E-state index >= 15 is 0 Å². The predicted molar refractivity (Wildman–Crippen MR) is 69.3 cm³/mol. The van der Waals surface area contributed by atoms with Gasteiger partial charge in [0.2, 0.25) is 0 Å². The fraction of sp³-hybridized carbons (Fsp3) is 0.143. The number of hydrogen-bond acceptors (Lipinski definition) is 1. The van der Waals surface area contributed by atoms with E-state index in [0.29, 0.717) is 11.1 Å². The molecule has 0 amide bonds. The monoisotopic (exact) mass is 294 g/mol. The van der Waals surface area contributed by atoms with Gasteiger partial charge in [-0.25, -0.2) is 4.39 Å². The maximum atomic E-state index is 13.4. The van der Waals surface area contributed by atoms with Gasteiger partial charge in [-0.3, -0.25) is 0 Å². The molecule has 88 valence electrons. The van der Waals surface area contributed by atoms with E-state index < -0.39 is 6.10 Å². The van der Waals surface area contributed by atoms with Crippen molar-refractivity contribution in [2.75, 3.05) is 0 Å². The van der Waals surface area contributed by atoms with E-state index in [4.69, 9.17) is 0 Å². The average Bonchev–Trinajstić information content (AvgIpc) is 2.32. The minimum absolute atomic E-state index is 0.298. The van der Waals surface area contributed by atoms with Crippen LogP contribution in [0.5, 0.6) is 0 Å². The number of halogens is 2. The molecule has 0 fully saturated rings. The summed E-state index contributed by atoms with van der Waals surface area (Å²) < 4.78 is 14.2. The van der Waals surface area contributed by atoms with Gasteiger partial charge in [0.1, 0.15) is 11.9 Å². The van der Waals surface area contributed by atoms with Gasteiger partial charge in [0, 0.05) is 4.47 Å². The van der Waals surface area contributed by atoms with Crippen LogP contribution in [-0.4, -0.2) is 5.11 Å². The van der Waals surface area contributed by atoms with Crippen LogP contribution in [0.4, 0.5) is 4.39 Å². The third-order valence-corrected chi connectivity index (χ3v) is 3.53. The van der Waals surface area contributed by atoms with Crippen LogP contribution in [0.1, 0.15) is 22.8 Å². The van der Waals surface area contributed by atoms with E-state index in [-0.39, 0.29) is 5.82 Å². The summed E-state index contributed by atoms with van der Waals surface area (Å²) in [5, 5.41) is 10.3. The summed E-state index contributed by atoms with van der Waals surface area (Å²) in [5.74, 6) is -0.298. The van der Waals surface area contributed by atoms with Crippen LogP contribution in [0, 0.1) is 12.7 Å². The first-order chi connectivity index (χ1) is 8.11. The molecule has 17 heavy (non-hydrogen) atoms. The Balaban J connectivity index is 2.48. The van der Waals surface area contributed by atoms with Crippen molar-refractivity contribution >= 4 is 15.9 Å². The zero-order valence-corrected chi connectivity index (χ0v) is 10.9. The zero-order chi connectivity index (χ0) is 12.4. The molecule has 0 spiro atoms. The summed E-state index contributed by atoms with van der Waals surface area (Å²) >= 11 is 3.38. The van der Waals surface area contributed by atoms with Gasteiger partial charge in [-0.15, -0.1) is 0 Å². The maximum Gasteiger partial charge on any atom is 0.126 e. The molecule has 0 aliphatic carbocycles. The van der Waals surface area contributed by atoms with Crippen LogP contribution in [0.2, 0.25) is 0 Å². The second-order valence-electron chi connectivity index (χ2n) is 3.88. The molecule has 0 radical (unpaired) electrons. The van der Waals surface area contributed by atoms with E-state index in [1.165, 1.54) is 6.07 Å². The highest BCUT2D eigenvalue weighted by atomic mass is 79.9. The molecule has 0 aliphatic rings. The SMILES string of the molecule is Cc1c(F)cccc1[C@@H](O)c1ccccc1Br.